The maximum absolute atomic E-state index is 11.4. The van der Waals surface area contributed by atoms with E-state index in [9.17, 15) is 9.59 Å². The third-order valence-corrected chi connectivity index (χ3v) is 3.20. The Morgan fingerprint density at radius 2 is 2.31 bits per heavy atom. The number of aliphatic carboxylic acids is 1. The summed E-state index contributed by atoms with van der Waals surface area (Å²) in [5, 5.41) is 10.6. The first-order chi connectivity index (χ1) is 6.18. The SMILES string of the molecule is O=C1C[C@@H](C(=O)O)Cc2sccc21. The van der Waals surface area contributed by atoms with E-state index in [4.69, 9.17) is 5.11 Å². The van der Waals surface area contributed by atoms with Gasteiger partial charge in [-0.2, -0.15) is 0 Å². The lowest BCUT2D eigenvalue weighted by atomic mass is 9.88. The average molecular weight is 196 g/mol. The third-order valence-electron chi connectivity index (χ3n) is 2.26. The second-order valence-corrected chi connectivity index (χ2v) is 4.12. The number of thiophene rings is 1. The molecule has 0 amide bonds. The quantitative estimate of drug-likeness (QED) is 0.741. The number of rotatable bonds is 1. The average Bonchev–Trinajstić information content (AvgIpc) is 2.51. The molecule has 0 aromatic carbocycles. The van der Waals surface area contributed by atoms with E-state index in [1.807, 2.05) is 5.38 Å². The van der Waals surface area contributed by atoms with Gasteiger partial charge in [-0.25, -0.2) is 0 Å². The first-order valence-corrected chi connectivity index (χ1v) is 4.89. The maximum atomic E-state index is 11.4. The van der Waals surface area contributed by atoms with Crippen LogP contribution in [0.1, 0.15) is 21.7 Å². The minimum Gasteiger partial charge on any atom is -0.481 e. The number of hydrogen-bond donors (Lipinski definition) is 1. The molecule has 0 aliphatic heterocycles. The Morgan fingerprint density at radius 3 is 3.00 bits per heavy atom. The van der Waals surface area contributed by atoms with Crippen LogP contribution < -0.4 is 0 Å². The van der Waals surface area contributed by atoms with Crippen LogP contribution in [0.2, 0.25) is 0 Å². The first kappa shape index (κ1) is 8.44. The van der Waals surface area contributed by atoms with Gasteiger partial charge in [0.1, 0.15) is 0 Å². The molecule has 1 aromatic heterocycles. The normalized spacial score (nSPS) is 21.2. The summed E-state index contributed by atoms with van der Waals surface area (Å²) >= 11 is 1.47. The molecule has 0 spiro atoms. The summed E-state index contributed by atoms with van der Waals surface area (Å²) in [5.41, 5.74) is 0.725. The standard InChI is InChI=1S/C9H8O3S/c10-7-3-5(9(11)12)4-8-6(7)1-2-13-8/h1-2,5H,3-4H2,(H,11,12)/t5-/m1/s1. The van der Waals surface area contributed by atoms with Crippen molar-refractivity contribution in [2.24, 2.45) is 5.92 Å². The molecule has 1 heterocycles. The van der Waals surface area contributed by atoms with Crippen LogP contribution in [-0.4, -0.2) is 16.9 Å². The van der Waals surface area contributed by atoms with Crippen molar-refractivity contribution in [3.8, 4) is 0 Å². The molecular formula is C9H8O3S. The monoisotopic (exact) mass is 196 g/mol. The van der Waals surface area contributed by atoms with Crippen LogP contribution in [0, 0.1) is 5.92 Å². The Labute approximate surface area is 79.0 Å². The van der Waals surface area contributed by atoms with Gasteiger partial charge < -0.3 is 5.11 Å². The molecule has 1 aliphatic carbocycles. The fourth-order valence-corrected chi connectivity index (χ4v) is 2.53. The van der Waals surface area contributed by atoms with Gasteiger partial charge in [-0.15, -0.1) is 11.3 Å². The van der Waals surface area contributed by atoms with Crippen molar-refractivity contribution in [1.29, 1.82) is 0 Å². The van der Waals surface area contributed by atoms with E-state index < -0.39 is 11.9 Å². The molecule has 0 saturated carbocycles. The number of carbonyl (C=O) groups is 2. The van der Waals surface area contributed by atoms with E-state index in [1.165, 1.54) is 11.3 Å². The Balaban J connectivity index is 2.34. The van der Waals surface area contributed by atoms with Gasteiger partial charge in [-0.1, -0.05) is 0 Å². The highest BCUT2D eigenvalue weighted by Gasteiger charge is 2.30. The lowest BCUT2D eigenvalue weighted by Gasteiger charge is -2.16. The van der Waals surface area contributed by atoms with Crippen LogP contribution in [0.15, 0.2) is 11.4 Å². The molecule has 2 rings (SSSR count). The van der Waals surface area contributed by atoms with Crippen molar-refractivity contribution in [2.45, 2.75) is 12.8 Å². The van der Waals surface area contributed by atoms with Crippen molar-refractivity contribution in [2.75, 3.05) is 0 Å². The van der Waals surface area contributed by atoms with Gasteiger partial charge in [0.2, 0.25) is 0 Å². The van der Waals surface area contributed by atoms with Crippen molar-refractivity contribution >= 4 is 23.1 Å². The second-order valence-electron chi connectivity index (χ2n) is 3.12. The molecule has 0 radical (unpaired) electrons. The maximum Gasteiger partial charge on any atom is 0.307 e. The number of carbonyl (C=O) groups excluding carboxylic acids is 1. The van der Waals surface area contributed by atoms with Gasteiger partial charge in [0.15, 0.2) is 5.78 Å². The van der Waals surface area contributed by atoms with Crippen LogP contribution in [0.4, 0.5) is 0 Å². The van der Waals surface area contributed by atoms with Gasteiger partial charge in [0.05, 0.1) is 5.92 Å². The molecule has 0 fully saturated rings. The third kappa shape index (κ3) is 1.37. The van der Waals surface area contributed by atoms with Crippen LogP contribution >= 0.6 is 11.3 Å². The lowest BCUT2D eigenvalue weighted by molar-refractivity contribution is -0.141. The summed E-state index contributed by atoms with van der Waals surface area (Å²) in [5.74, 6) is -1.42. The number of carboxylic acids is 1. The van der Waals surface area contributed by atoms with Crippen molar-refractivity contribution < 1.29 is 14.7 Å². The number of hydrogen-bond acceptors (Lipinski definition) is 3. The van der Waals surface area contributed by atoms with Crippen LogP contribution in [0.25, 0.3) is 0 Å². The predicted molar refractivity (Wildman–Crippen MR) is 48.1 cm³/mol. The number of carboxylic acid groups (broad SMARTS) is 1. The fourth-order valence-electron chi connectivity index (χ4n) is 1.55. The molecule has 1 atom stereocenters. The second kappa shape index (κ2) is 2.96. The Bertz CT molecular complexity index is 367. The highest BCUT2D eigenvalue weighted by molar-refractivity contribution is 7.10. The minimum atomic E-state index is -0.868. The summed E-state index contributed by atoms with van der Waals surface area (Å²) in [6.45, 7) is 0. The highest BCUT2D eigenvalue weighted by Crippen LogP contribution is 2.29. The molecule has 0 unspecified atom stereocenters. The molecular weight excluding hydrogens is 188 g/mol. The van der Waals surface area contributed by atoms with E-state index in [-0.39, 0.29) is 12.2 Å². The van der Waals surface area contributed by atoms with Gasteiger partial charge in [-0.05, 0) is 17.9 Å². The molecule has 1 N–H and O–H groups in total. The summed E-state index contributed by atoms with van der Waals surface area (Å²) in [7, 11) is 0. The first-order valence-electron chi connectivity index (χ1n) is 4.01. The van der Waals surface area contributed by atoms with Crippen LogP contribution in [-0.2, 0) is 11.2 Å². The van der Waals surface area contributed by atoms with E-state index in [1.54, 1.807) is 6.07 Å². The van der Waals surface area contributed by atoms with Gasteiger partial charge in [0, 0.05) is 16.9 Å². The highest BCUT2D eigenvalue weighted by atomic mass is 32.1. The minimum absolute atomic E-state index is 0.0325. The zero-order chi connectivity index (χ0) is 9.42. The van der Waals surface area contributed by atoms with E-state index in [0.29, 0.717) is 6.42 Å². The number of fused-ring (bicyclic) bond motifs is 1. The van der Waals surface area contributed by atoms with Crippen molar-refractivity contribution in [3.05, 3.63) is 21.9 Å². The Kier molecular flexibility index (Phi) is 1.92. The van der Waals surface area contributed by atoms with Crippen molar-refractivity contribution in [3.63, 3.8) is 0 Å². The molecule has 4 heteroatoms. The largest absolute Gasteiger partial charge is 0.481 e. The molecule has 13 heavy (non-hydrogen) atoms. The molecule has 1 aromatic rings. The molecule has 1 aliphatic rings. The fraction of sp³-hybridized carbons (Fsp3) is 0.333. The molecule has 3 nitrogen and oxygen atoms in total. The number of ketones is 1. The van der Waals surface area contributed by atoms with E-state index in [0.717, 1.165) is 10.4 Å². The molecule has 0 saturated heterocycles. The topological polar surface area (TPSA) is 54.4 Å². The van der Waals surface area contributed by atoms with Gasteiger partial charge >= 0.3 is 5.97 Å². The summed E-state index contributed by atoms with van der Waals surface area (Å²) in [6, 6.07) is 1.78. The van der Waals surface area contributed by atoms with Gasteiger partial charge in [0.25, 0.3) is 0 Å². The smallest absolute Gasteiger partial charge is 0.307 e. The predicted octanol–water partition coefficient (Wildman–Crippen LogP) is 1.58. The Morgan fingerprint density at radius 1 is 1.54 bits per heavy atom. The van der Waals surface area contributed by atoms with E-state index >= 15 is 0 Å². The molecule has 68 valence electrons. The number of Topliss-reactive ketones (excluding diaryl/α,β-unsaturated/α-hetero) is 1. The van der Waals surface area contributed by atoms with Crippen molar-refractivity contribution in [1.82, 2.24) is 0 Å². The summed E-state index contributed by atoms with van der Waals surface area (Å²) in [4.78, 5) is 23.0. The van der Waals surface area contributed by atoms with E-state index in [2.05, 4.69) is 0 Å². The lowest BCUT2D eigenvalue weighted by Crippen LogP contribution is -2.24. The summed E-state index contributed by atoms with van der Waals surface area (Å²) < 4.78 is 0. The van der Waals surface area contributed by atoms with Crippen LogP contribution in [0.5, 0.6) is 0 Å². The zero-order valence-corrected chi connectivity index (χ0v) is 7.63. The van der Waals surface area contributed by atoms with Crippen LogP contribution in [0.3, 0.4) is 0 Å². The molecule has 0 bridgehead atoms. The Hall–Kier alpha value is -1.16. The zero-order valence-electron chi connectivity index (χ0n) is 6.82. The van der Waals surface area contributed by atoms with Gasteiger partial charge in [-0.3, -0.25) is 9.59 Å². The summed E-state index contributed by atoms with van der Waals surface area (Å²) in [6.07, 6.45) is 0.660.